The monoisotopic (exact) mass is 235 g/mol. The Balaban J connectivity index is 2.90. The number of hydrogen-bond acceptors (Lipinski definition) is 4. The van der Waals surface area contributed by atoms with Gasteiger partial charge in [0.15, 0.2) is 5.58 Å². The van der Waals surface area contributed by atoms with E-state index in [2.05, 4.69) is 9.40 Å². The van der Waals surface area contributed by atoms with Gasteiger partial charge in [0.05, 0.1) is 0 Å². The summed E-state index contributed by atoms with van der Waals surface area (Å²) in [5, 5.41) is 0. The Morgan fingerprint density at radius 1 is 1.43 bits per heavy atom. The van der Waals surface area contributed by atoms with Crippen molar-refractivity contribution in [1.82, 2.24) is 4.98 Å². The number of para-hydroxylation sites is 1. The average molecular weight is 236 g/mol. The van der Waals surface area contributed by atoms with Gasteiger partial charge in [0.1, 0.15) is 10.4 Å². The van der Waals surface area contributed by atoms with E-state index in [9.17, 15) is 12.8 Å². The maximum absolute atomic E-state index is 12.6. The molecule has 0 saturated carbocycles. The van der Waals surface area contributed by atoms with Crippen molar-refractivity contribution in [2.75, 3.05) is 0 Å². The highest BCUT2D eigenvalue weighted by molar-refractivity contribution is 8.14. The van der Waals surface area contributed by atoms with Crippen LogP contribution in [0.15, 0.2) is 27.5 Å². The van der Waals surface area contributed by atoms with E-state index in [-0.39, 0.29) is 16.0 Å². The van der Waals surface area contributed by atoms with Gasteiger partial charge in [0.2, 0.25) is 0 Å². The summed E-state index contributed by atoms with van der Waals surface area (Å²) in [6.45, 7) is 0. The molecule has 0 atom stereocenters. The third-order valence-electron chi connectivity index (χ3n) is 1.62. The molecule has 0 saturated heterocycles. The molecular weight excluding hydrogens is 233 g/mol. The Labute approximate surface area is 82.7 Å². The van der Waals surface area contributed by atoms with E-state index >= 15 is 0 Å². The first kappa shape index (κ1) is 9.42. The highest BCUT2D eigenvalue weighted by atomic mass is 35.7. The average Bonchev–Trinajstić information content (AvgIpc) is 2.41. The summed E-state index contributed by atoms with van der Waals surface area (Å²) >= 11 is 0. The first-order valence-corrected chi connectivity index (χ1v) is 5.79. The van der Waals surface area contributed by atoms with E-state index in [0.29, 0.717) is 0 Å². The number of nitrogens with zero attached hydrogens (tertiary/aromatic N) is 1. The van der Waals surface area contributed by atoms with Crippen LogP contribution in [0.4, 0.5) is 4.39 Å². The molecule has 0 unspecified atom stereocenters. The third-order valence-corrected chi connectivity index (χ3v) is 2.97. The fourth-order valence-corrected chi connectivity index (χ4v) is 2.08. The Hall–Kier alpha value is -1.14. The zero-order valence-electron chi connectivity index (χ0n) is 6.57. The Morgan fingerprint density at radius 3 is 2.79 bits per heavy atom. The topological polar surface area (TPSA) is 60.2 Å². The van der Waals surface area contributed by atoms with Gasteiger partial charge in [-0.3, -0.25) is 0 Å². The van der Waals surface area contributed by atoms with Gasteiger partial charge in [0, 0.05) is 10.7 Å². The maximum atomic E-state index is 12.6. The zero-order chi connectivity index (χ0) is 10.3. The molecule has 0 amide bonds. The number of fused-ring (bicyclic) bond motifs is 1. The number of halogens is 2. The van der Waals surface area contributed by atoms with Crippen LogP contribution in [-0.4, -0.2) is 13.4 Å². The molecule has 2 aromatic rings. The molecule has 2 rings (SSSR count). The lowest BCUT2D eigenvalue weighted by molar-refractivity contribution is 0.355. The lowest BCUT2D eigenvalue weighted by Gasteiger charge is -1.94. The summed E-state index contributed by atoms with van der Waals surface area (Å²) in [6, 6.07) is 4.02. The summed E-state index contributed by atoms with van der Waals surface area (Å²) < 4.78 is 39.1. The first-order chi connectivity index (χ1) is 6.48. The molecule has 4 nitrogen and oxygen atoms in total. The molecule has 0 bridgehead atoms. The minimum atomic E-state index is -3.93. The van der Waals surface area contributed by atoms with E-state index in [4.69, 9.17) is 10.7 Å². The van der Waals surface area contributed by atoms with Crippen molar-refractivity contribution in [2.45, 2.75) is 4.90 Å². The molecule has 0 spiro atoms. The van der Waals surface area contributed by atoms with Crippen molar-refractivity contribution in [3.05, 3.63) is 24.3 Å². The predicted molar refractivity (Wildman–Crippen MR) is 47.0 cm³/mol. The van der Waals surface area contributed by atoms with Crippen LogP contribution < -0.4 is 0 Å². The summed E-state index contributed by atoms with van der Waals surface area (Å²) in [4.78, 5) is 3.02. The standard InChI is InChI=1S/C7H3ClFNO3S/c8-14(11,12)5-3-1-2-4-6(5)10-7(9)13-4/h1-3H. The molecule has 1 aromatic heterocycles. The van der Waals surface area contributed by atoms with E-state index in [1.165, 1.54) is 18.2 Å². The molecule has 74 valence electrons. The molecule has 1 heterocycles. The van der Waals surface area contributed by atoms with Gasteiger partial charge in [-0.15, -0.1) is 4.39 Å². The van der Waals surface area contributed by atoms with E-state index < -0.39 is 15.2 Å². The molecule has 14 heavy (non-hydrogen) atoms. The fourth-order valence-electron chi connectivity index (χ4n) is 1.09. The highest BCUT2D eigenvalue weighted by Crippen LogP contribution is 2.25. The van der Waals surface area contributed by atoms with Crippen LogP contribution in [-0.2, 0) is 9.05 Å². The smallest absolute Gasteiger partial charge is 0.382 e. The van der Waals surface area contributed by atoms with Crippen LogP contribution in [0.1, 0.15) is 0 Å². The second-order valence-corrected chi connectivity index (χ2v) is 5.04. The quantitative estimate of drug-likeness (QED) is 0.709. The third kappa shape index (κ3) is 1.46. The minimum absolute atomic E-state index is 0.0456. The van der Waals surface area contributed by atoms with Gasteiger partial charge < -0.3 is 4.42 Å². The Morgan fingerprint density at radius 2 is 2.14 bits per heavy atom. The number of oxazole rings is 1. The van der Waals surface area contributed by atoms with E-state index in [0.717, 1.165) is 0 Å². The van der Waals surface area contributed by atoms with Gasteiger partial charge in [-0.05, 0) is 12.1 Å². The number of rotatable bonds is 1. The van der Waals surface area contributed by atoms with Crippen molar-refractivity contribution in [2.24, 2.45) is 0 Å². The van der Waals surface area contributed by atoms with Crippen LogP contribution in [0.25, 0.3) is 11.1 Å². The van der Waals surface area contributed by atoms with Crippen molar-refractivity contribution >= 4 is 30.8 Å². The summed E-state index contributed by atoms with van der Waals surface area (Å²) in [5.74, 6) is 0. The molecule has 0 aliphatic heterocycles. The minimum Gasteiger partial charge on any atom is -0.415 e. The van der Waals surface area contributed by atoms with Crippen LogP contribution in [0.2, 0.25) is 0 Å². The van der Waals surface area contributed by atoms with Gasteiger partial charge >= 0.3 is 6.14 Å². The first-order valence-electron chi connectivity index (χ1n) is 3.48. The summed E-state index contributed by atoms with van der Waals surface area (Å²) in [6.07, 6.45) is -1.09. The molecule has 1 aromatic carbocycles. The predicted octanol–water partition coefficient (Wildman–Crippen LogP) is 1.89. The van der Waals surface area contributed by atoms with Gasteiger partial charge in [0.25, 0.3) is 9.05 Å². The van der Waals surface area contributed by atoms with Crippen molar-refractivity contribution in [1.29, 1.82) is 0 Å². The largest absolute Gasteiger partial charge is 0.415 e. The van der Waals surface area contributed by atoms with Gasteiger partial charge in [-0.1, -0.05) is 6.07 Å². The van der Waals surface area contributed by atoms with Gasteiger partial charge in [-0.25, -0.2) is 8.42 Å². The number of benzene rings is 1. The van der Waals surface area contributed by atoms with Crippen LogP contribution in [0.5, 0.6) is 0 Å². The zero-order valence-corrected chi connectivity index (χ0v) is 8.14. The SMILES string of the molecule is O=S(=O)(Cl)c1cccc2oc(F)nc12. The lowest BCUT2D eigenvalue weighted by atomic mass is 10.3. The van der Waals surface area contributed by atoms with Crippen LogP contribution in [0, 0.1) is 6.14 Å². The van der Waals surface area contributed by atoms with E-state index in [1.807, 2.05) is 0 Å². The van der Waals surface area contributed by atoms with Gasteiger partial charge in [-0.2, -0.15) is 4.98 Å². The second-order valence-electron chi connectivity index (χ2n) is 2.51. The summed E-state index contributed by atoms with van der Waals surface area (Å²) in [7, 11) is 1.18. The second kappa shape index (κ2) is 2.93. The number of aromatic nitrogens is 1. The molecular formula is C7H3ClFNO3S. The summed E-state index contributed by atoms with van der Waals surface area (Å²) in [5.41, 5.74) is -0.0516. The van der Waals surface area contributed by atoms with Crippen molar-refractivity contribution in [3.63, 3.8) is 0 Å². The highest BCUT2D eigenvalue weighted by Gasteiger charge is 2.18. The Kier molecular flexibility index (Phi) is 1.97. The normalized spacial score (nSPS) is 12.1. The molecule has 0 aliphatic rings. The molecule has 0 aliphatic carbocycles. The van der Waals surface area contributed by atoms with Crippen molar-refractivity contribution in [3.8, 4) is 0 Å². The molecule has 7 heteroatoms. The van der Waals surface area contributed by atoms with Crippen molar-refractivity contribution < 1.29 is 17.2 Å². The Bertz CT molecular complexity index is 592. The van der Waals surface area contributed by atoms with Crippen LogP contribution in [0.3, 0.4) is 0 Å². The molecule has 0 radical (unpaired) electrons. The lowest BCUT2D eigenvalue weighted by Crippen LogP contribution is -1.91. The molecule has 0 fully saturated rings. The fraction of sp³-hybridized carbons (Fsp3) is 0. The van der Waals surface area contributed by atoms with Crippen LogP contribution >= 0.6 is 10.7 Å². The van der Waals surface area contributed by atoms with E-state index in [1.54, 1.807) is 0 Å². The maximum Gasteiger partial charge on any atom is 0.382 e. The number of hydrogen-bond donors (Lipinski definition) is 0. The molecule has 0 N–H and O–H groups in total.